The van der Waals surface area contributed by atoms with E-state index >= 15 is 0 Å². The number of carbonyl (C=O) groups is 4. The van der Waals surface area contributed by atoms with Crippen LogP contribution in [0.1, 0.15) is 27.2 Å². The first-order chi connectivity index (χ1) is 13.2. The second-order valence-electron chi connectivity index (χ2n) is 7.34. The number of urea groups is 1. The van der Waals surface area contributed by atoms with Crippen molar-refractivity contribution in [3.05, 3.63) is 24.3 Å². The zero-order valence-electron chi connectivity index (χ0n) is 16.1. The number of esters is 1. The summed E-state index contributed by atoms with van der Waals surface area (Å²) in [4.78, 5) is 52.1. The van der Waals surface area contributed by atoms with Gasteiger partial charge in [-0.3, -0.25) is 19.3 Å². The molecule has 0 unspecified atom stereocenters. The third-order valence-corrected chi connectivity index (χ3v) is 5.87. The van der Waals surface area contributed by atoms with Gasteiger partial charge in [0, 0.05) is 16.7 Å². The van der Waals surface area contributed by atoms with E-state index in [-0.39, 0.29) is 5.91 Å². The van der Waals surface area contributed by atoms with Gasteiger partial charge in [-0.05, 0) is 32.4 Å². The van der Waals surface area contributed by atoms with Crippen LogP contribution in [0.4, 0.5) is 10.5 Å². The molecule has 150 valence electrons. The van der Waals surface area contributed by atoms with Crippen molar-refractivity contribution in [1.82, 2.24) is 10.2 Å². The summed E-state index contributed by atoms with van der Waals surface area (Å²) in [6.07, 6.45) is 0.816. The Morgan fingerprint density at radius 3 is 2.68 bits per heavy atom. The van der Waals surface area contributed by atoms with E-state index in [1.165, 1.54) is 0 Å². The Hall–Kier alpha value is -2.55. The van der Waals surface area contributed by atoms with Crippen LogP contribution >= 0.6 is 11.8 Å². The van der Waals surface area contributed by atoms with Crippen molar-refractivity contribution in [1.29, 1.82) is 0 Å². The van der Waals surface area contributed by atoms with Crippen molar-refractivity contribution >= 4 is 41.3 Å². The average molecular weight is 405 g/mol. The van der Waals surface area contributed by atoms with Crippen molar-refractivity contribution < 1.29 is 23.9 Å². The largest absolute Gasteiger partial charge is 0.454 e. The number of hydrogen-bond donors (Lipinski definition) is 1. The molecule has 8 nitrogen and oxygen atoms in total. The van der Waals surface area contributed by atoms with E-state index in [1.807, 2.05) is 24.3 Å². The molecule has 1 aromatic carbocycles. The minimum absolute atomic E-state index is 0.340. The number of nitrogens with one attached hydrogen (secondary N) is 1. The van der Waals surface area contributed by atoms with Crippen molar-refractivity contribution in [3.63, 3.8) is 0 Å². The zero-order chi connectivity index (χ0) is 20.5. The van der Waals surface area contributed by atoms with Crippen LogP contribution in [0, 0.1) is 0 Å². The van der Waals surface area contributed by atoms with Crippen LogP contribution < -0.4 is 10.2 Å². The van der Waals surface area contributed by atoms with Gasteiger partial charge in [0.1, 0.15) is 12.1 Å². The second-order valence-corrected chi connectivity index (χ2v) is 8.82. The van der Waals surface area contributed by atoms with E-state index in [0.29, 0.717) is 11.8 Å². The summed E-state index contributed by atoms with van der Waals surface area (Å²) in [5, 5.41) is 2.85. The number of anilines is 1. The molecular formula is C19H23N3O5S. The molecule has 0 aromatic heterocycles. The summed E-state index contributed by atoms with van der Waals surface area (Å²) in [5.41, 5.74) is -0.258. The number of imide groups is 1. The lowest BCUT2D eigenvalue weighted by Gasteiger charge is -2.22. The van der Waals surface area contributed by atoms with Crippen molar-refractivity contribution in [2.45, 2.75) is 42.9 Å². The van der Waals surface area contributed by atoms with Gasteiger partial charge in [0.05, 0.1) is 5.69 Å². The molecule has 28 heavy (non-hydrogen) atoms. The number of thioether (sulfide) groups is 1. The molecule has 1 saturated heterocycles. The van der Waals surface area contributed by atoms with Crippen LogP contribution in [0.15, 0.2) is 29.2 Å². The lowest BCUT2D eigenvalue weighted by Crippen LogP contribution is -2.41. The Morgan fingerprint density at radius 1 is 1.29 bits per heavy atom. The number of hydrogen-bond acceptors (Lipinski definition) is 6. The average Bonchev–Trinajstić information content (AvgIpc) is 2.76. The Balaban J connectivity index is 1.61. The molecule has 2 aliphatic heterocycles. The Labute approximate surface area is 167 Å². The number of carbonyl (C=O) groups excluding carboxylic acids is 4. The molecule has 1 aromatic rings. The fourth-order valence-electron chi connectivity index (χ4n) is 3.10. The smallest absolute Gasteiger partial charge is 0.326 e. The molecule has 9 heteroatoms. The normalized spacial score (nSPS) is 21.0. The lowest BCUT2D eigenvalue weighted by atomic mass is 10.1. The molecule has 1 N–H and O–H groups in total. The highest BCUT2D eigenvalue weighted by atomic mass is 32.2. The molecule has 2 heterocycles. The predicted octanol–water partition coefficient (Wildman–Crippen LogP) is 1.78. The molecule has 0 bridgehead atoms. The number of para-hydroxylation sites is 1. The maximum Gasteiger partial charge on any atom is 0.326 e. The monoisotopic (exact) mass is 405 g/mol. The maximum atomic E-state index is 12.7. The Kier molecular flexibility index (Phi) is 5.64. The molecule has 0 spiro atoms. The van der Waals surface area contributed by atoms with Gasteiger partial charge in [0.25, 0.3) is 11.8 Å². The molecule has 0 aliphatic carbocycles. The van der Waals surface area contributed by atoms with Gasteiger partial charge < -0.3 is 15.0 Å². The van der Waals surface area contributed by atoms with Crippen LogP contribution in [-0.2, 0) is 19.1 Å². The quantitative estimate of drug-likeness (QED) is 0.606. The summed E-state index contributed by atoms with van der Waals surface area (Å²) < 4.78 is 5.06. The summed E-state index contributed by atoms with van der Waals surface area (Å²) in [5.74, 6) is -1.65. The summed E-state index contributed by atoms with van der Waals surface area (Å²) >= 11 is 1.71. The number of rotatable bonds is 4. The van der Waals surface area contributed by atoms with Gasteiger partial charge in [-0.15, -0.1) is 11.8 Å². The molecule has 1 fully saturated rings. The van der Waals surface area contributed by atoms with Crippen LogP contribution in [0.3, 0.4) is 0 Å². The first-order valence-corrected chi connectivity index (χ1v) is 9.93. The topological polar surface area (TPSA) is 96.0 Å². The first-order valence-electron chi connectivity index (χ1n) is 9.05. The zero-order valence-corrected chi connectivity index (χ0v) is 16.9. The summed E-state index contributed by atoms with van der Waals surface area (Å²) in [6.45, 7) is 4.78. The molecular weight excluding hydrogens is 382 g/mol. The molecule has 2 aliphatic rings. The van der Waals surface area contributed by atoms with E-state index < -0.39 is 36.6 Å². The van der Waals surface area contributed by atoms with Gasteiger partial charge in [-0.25, -0.2) is 4.79 Å². The molecule has 0 radical (unpaired) electrons. The second kappa shape index (κ2) is 7.83. The van der Waals surface area contributed by atoms with Crippen LogP contribution in [-0.4, -0.2) is 59.2 Å². The molecule has 1 atom stereocenters. The van der Waals surface area contributed by atoms with E-state index in [4.69, 9.17) is 4.74 Å². The Morgan fingerprint density at radius 2 is 2.00 bits per heavy atom. The van der Waals surface area contributed by atoms with Gasteiger partial charge in [-0.2, -0.15) is 0 Å². The molecule has 3 rings (SSSR count). The minimum Gasteiger partial charge on any atom is -0.454 e. The van der Waals surface area contributed by atoms with Gasteiger partial charge in [0.2, 0.25) is 0 Å². The minimum atomic E-state index is -1.06. The van der Waals surface area contributed by atoms with Crippen molar-refractivity contribution in [3.8, 4) is 0 Å². The number of ether oxygens (including phenoxy) is 1. The van der Waals surface area contributed by atoms with Crippen molar-refractivity contribution in [2.24, 2.45) is 0 Å². The number of benzene rings is 1. The maximum absolute atomic E-state index is 12.7. The number of fused-ring (bicyclic) bond motifs is 1. The van der Waals surface area contributed by atoms with Crippen LogP contribution in [0.25, 0.3) is 0 Å². The lowest BCUT2D eigenvalue weighted by molar-refractivity contribution is -0.150. The fourth-order valence-corrected chi connectivity index (χ4v) is 4.22. The van der Waals surface area contributed by atoms with Crippen LogP contribution in [0.2, 0.25) is 0 Å². The molecule has 4 amide bonds. The summed E-state index contributed by atoms with van der Waals surface area (Å²) in [6, 6.07) is 6.97. The molecule has 0 saturated carbocycles. The number of amides is 4. The standard InChI is InChI=1S/C19H23N3O5S/c1-12-8-9-21(13-6-4-5-7-14(13)28-12)15(23)11-27-16(24)10-22-17(25)19(2,3)20-18(22)26/h4-7,12H,8-11H2,1-3H3,(H,20,26)/t12-/m1/s1. The number of nitrogens with zero attached hydrogens (tertiary/aromatic N) is 2. The SMILES string of the molecule is C[C@@H]1CCN(C(=O)COC(=O)CN2C(=O)NC(C)(C)C2=O)c2ccccc2S1. The van der Waals surface area contributed by atoms with E-state index in [2.05, 4.69) is 12.2 Å². The van der Waals surface area contributed by atoms with Gasteiger partial charge in [-0.1, -0.05) is 19.1 Å². The highest BCUT2D eigenvalue weighted by Crippen LogP contribution is 2.37. The van der Waals surface area contributed by atoms with Gasteiger partial charge >= 0.3 is 12.0 Å². The third-order valence-electron chi connectivity index (χ3n) is 4.63. The Bertz CT molecular complexity index is 826. The van der Waals surface area contributed by atoms with E-state index in [0.717, 1.165) is 21.9 Å². The highest BCUT2D eigenvalue weighted by molar-refractivity contribution is 8.00. The van der Waals surface area contributed by atoms with Crippen LogP contribution in [0.5, 0.6) is 0 Å². The third kappa shape index (κ3) is 4.14. The van der Waals surface area contributed by atoms with E-state index in [1.54, 1.807) is 30.5 Å². The summed E-state index contributed by atoms with van der Waals surface area (Å²) in [7, 11) is 0. The van der Waals surface area contributed by atoms with E-state index in [9.17, 15) is 19.2 Å². The first kappa shape index (κ1) is 20.2. The highest BCUT2D eigenvalue weighted by Gasteiger charge is 2.45. The van der Waals surface area contributed by atoms with Gasteiger partial charge in [0.15, 0.2) is 6.61 Å². The predicted molar refractivity (Wildman–Crippen MR) is 104 cm³/mol. The fraction of sp³-hybridized carbons (Fsp3) is 0.474. The van der Waals surface area contributed by atoms with Crippen molar-refractivity contribution in [2.75, 3.05) is 24.6 Å².